The van der Waals surface area contributed by atoms with Gasteiger partial charge in [0.05, 0.1) is 0 Å². The molecule has 0 spiro atoms. The number of halogens is 1. The van der Waals surface area contributed by atoms with Crippen molar-refractivity contribution in [3.05, 3.63) is 46.3 Å². The van der Waals surface area contributed by atoms with Crippen molar-refractivity contribution >= 4 is 22.2 Å². The molecule has 0 atom stereocenters. The standard InChI is InChI=1S/C12H6BrN3O2/c13-10-2-1-9(5-8(10)7-17)18-12-11(6-14)15-3-4-16-12/h1-5,7H. The average Bonchev–Trinajstić information content (AvgIpc) is 2.41. The van der Waals surface area contributed by atoms with Crippen LogP contribution in [0, 0.1) is 11.3 Å². The van der Waals surface area contributed by atoms with Crippen molar-refractivity contribution in [2.24, 2.45) is 0 Å². The van der Waals surface area contributed by atoms with Gasteiger partial charge in [-0.25, -0.2) is 9.97 Å². The highest BCUT2D eigenvalue weighted by Crippen LogP contribution is 2.25. The van der Waals surface area contributed by atoms with Crippen molar-refractivity contribution in [1.29, 1.82) is 5.26 Å². The van der Waals surface area contributed by atoms with E-state index in [9.17, 15) is 4.79 Å². The molecule has 5 nitrogen and oxygen atoms in total. The third kappa shape index (κ3) is 2.52. The number of benzene rings is 1. The molecule has 6 heteroatoms. The first-order valence-corrected chi connectivity index (χ1v) is 5.67. The molecule has 0 saturated carbocycles. The van der Waals surface area contributed by atoms with Crippen LogP contribution in [0.25, 0.3) is 0 Å². The van der Waals surface area contributed by atoms with Gasteiger partial charge < -0.3 is 4.74 Å². The Morgan fingerprint density at radius 1 is 1.33 bits per heavy atom. The highest BCUT2D eigenvalue weighted by molar-refractivity contribution is 9.10. The number of nitrogens with zero attached hydrogens (tertiary/aromatic N) is 3. The summed E-state index contributed by atoms with van der Waals surface area (Å²) in [5, 5.41) is 8.85. The van der Waals surface area contributed by atoms with Gasteiger partial charge in [-0.05, 0) is 18.2 Å². The molecule has 0 aliphatic heterocycles. The third-order valence-corrected chi connectivity index (χ3v) is 2.80. The summed E-state index contributed by atoms with van der Waals surface area (Å²) in [6, 6.07) is 6.77. The van der Waals surface area contributed by atoms with Crippen LogP contribution < -0.4 is 4.74 Å². The first kappa shape index (κ1) is 12.2. The van der Waals surface area contributed by atoms with Crippen molar-refractivity contribution in [1.82, 2.24) is 9.97 Å². The molecule has 0 unspecified atom stereocenters. The van der Waals surface area contributed by atoms with E-state index in [0.717, 1.165) is 0 Å². The van der Waals surface area contributed by atoms with Crippen molar-refractivity contribution in [2.75, 3.05) is 0 Å². The second-order valence-electron chi connectivity index (χ2n) is 3.23. The second-order valence-corrected chi connectivity index (χ2v) is 4.08. The number of hydrogen-bond acceptors (Lipinski definition) is 5. The molecule has 0 fully saturated rings. The summed E-state index contributed by atoms with van der Waals surface area (Å²) in [5.74, 6) is 0.525. The van der Waals surface area contributed by atoms with Crippen LogP contribution in [0.1, 0.15) is 16.1 Å². The Hall–Kier alpha value is -2.26. The Kier molecular flexibility index (Phi) is 3.65. The predicted octanol–water partition coefficient (Wildman–Crippen LogP) is 2.72. The van der Waals surface area contributed by atoms with E-state index >= 15 is 0 Å². The molecule has 0 aliphatic rings. The summed E-state index contributed by atoms with van der Waals surface area (Å²) in [7, 11) is 0. The van der Waals surface area contributed by atoms with Crippen LogP contribution >= 0.6 is 15.9 Å². The van der Waals surface area contributed by atoms with E-state index in [-0.39, 0.29) is 11.6 Å². The number of ether oxygens (including phenoxy) is 1. The van der Waals surface area contributed by atoms with E-state index in [1.54, 1.807) is 18.2 Å². The summed E-state index contributed by atoms with van der Waals surface area (Å²) < 4.78 is 6.09. The van der Waals surface area contributed by atoms with E-state index < -0.39 is 0 Å². The number of nitriles is 1. The van der Waals surface area contributed by atoms with Gasteiger partial charge in [0.15, 0.2) is 6.29 Å². The summed E-state index contributed by atoms with van der Waals surface area (Å²) in [5.41, 5.74) is 0.544. The molecule has 0 amide bonds. The van der Waals surface area contributed by atoms with Gasteiger partial charge in [0.1, 0.15) is 11.8 Å². The van der Waals surface area contributed by atoms with E-state index in [0.29, 0.717) is 22.1 Å². The first-order valence-electron chi connectivity index (χ1n) is 4.88. The van der Waals surface area contributed by atoms with Crippen molar-refractivity contribution in [2.45, 2.75) is 0 Å². The number of rotatable bonds is 3. The van der Waals surface area contributed by atoms with E-state index in [2.05, 4.69) is 25.9 Å². The highest BCUT2D eigenvalue weighted by atomic mass is 79.9. The lowest BCUT2D eigenvalue weighted by molar-refractivity contribution is 0.112. The Morgan fingerprint density at radius 3 is 2.83 bits per heavy atom. The molecular formula is C12H6BrN3O2. The third-order valence-electron chi connectivity index (χ3n) is 2.08. The molecule has 0 saturated heterocycles. The summed E-state index contributed by atoms with van der Waals surface area (Å²) in [6.07, 6.45) is 3.54. The van der Waals surface area contributed by atoms with Gasteiger partial charge >= 0.3 is 0 Å². The molecule has 0 N–H and O–H groups in total. The van der Waals surface area contributed by atoms with Gasteiger partial charge in [0, 0.05) is 22.4 Å². The summed E-state index contributed by atoms with van der Waals surface area (Å²) in [6.45, 7) is 0. The van der Waals surface area contributed by atoms with Gasteiger partial charge in [0.25, 0.3) is 5.88 Å². The zero-order chi connectivity index (χ0) is 13.0. The SMILES string of the molecule is N#Cc1nccnc1Oc1ccc(Br)c(C=O)c1. The average molecular weight is 304 g/mol. The molecule has 1 aromatic carbocycles. The summed E-state index contributed by atoms with van der Waals surface area (Å²) in [4.78, 5) is 18.5. The second kappa shape index (κ2) is 5.38. The highest BCUT2D eigenvalue weighted by Gasteiger charge is 2.08. The lowest BCUT2D eigenvalue weighted by atomic mass is 10.2. The minimum Gasteiger partial charge on any atom is -0.436 e. The lowest BCUT2D eigenvalue weighted by Crippen LogP contribution is -1.94. The van der Waals surface area contributed by atoms with Gasteiger partial charge in [-0.15, -0.1) is 0 Å². The minimum absolute atomic E-state index is 0.0908. The van der Waals surface area contributed by atoms with Crippen LogP contribution in [-0.2, 0) is 0 Å². The summed E-state index contributed by atoms with van der Waals surface area (Å²) >= 11 is 3.24. The Balaban J connectivity index is 2.35. The molecule has 1 heterocycles. The van der Waals surface area contributed by atoms with E-state index in [1.807, 2.05) is 6.07 Å². The molecule has 88 valence electrons. The fourth-order valence-electron chi connectivity index (χ4n) is 1.26. The number of carbonyl (C=O) groups is 1. The minimum atomic E-state index is 0.0908. The Labute approximate surface area is 111 Å². The molecule has 2 rings (SSSR count). The van der Waals surface area contributed by atoms with Crippen LogP contribution in [-0.4, -0.2) is 16.3 Å². The van der Waals surface area contributed by atoms with Crippen molar-refractivity contribution < 1.29 is 9.53 Å². The predicted molar refractivity (Wildman–Crippen MR) is 66.4 cm³/mol. The largest absolute Gasteiger partial charge is 0.436 e. The number of aromatic nitrogens is 2. The van der Waals surface area contributed by atoms with Crippen molar-refractivity contribution in [3.63, 3.8) is 0 Å². The van der Waals surface area contributed by atoms with Crippen LogP contribution in [0.5, 0.6) is 11.6 Å². The van der Waals surface area contributed by atoms with Gasteiger partial charge in [-0.3, -0.25) is 4.79 Å². The topological polar surface area (TPSA) is 75.9 Å². The number of hydrogen-bond donors (Lipinski definition) is 0. The van der Waals surface area contributed by atoms with Crippen molar-refractivity contribution in [3.8, 4) is 17.7 Å². The fraction of sp³-hybridized carbons (Fsp3) is 0. The fourth-order valence-corrected chi connectivity index (χ4v) is 1.60. The molecule has 0 aliphatic carbocycles. The monoisotopic (exact) mass is 303 g/mol. The normalized spacial score (nSPS) is 9.56. The van der Waals surface area contributed by atoms with Crippen LogP contribution in [0.4, 0.5) is 0 Å². The Bertz CT molecular complexity index is 637. The van der Waals surface area contributed by atoms with Crippen LogP contribution in [0.2, 0.25) is 0 Å². The Morgan fingerprint density at radius 2 is 2.11 bits per heavy atom. The molecule has 18 heavy (non-hydrogen) atoms. The first-order chi connectivity index (χ1) is 8.74. The quantitative estimate of drug-likeness (QED) is 0.815. The number of carbonyl (C=O) groups excluding carboxylic acids is 1. The lowest BCUT2D eigenvalue weighted by Gasteiger charge is -2.06. The van der Waals surface area contributed by atoms with Gasteiger partial charge in [-0.2, -0.15) is 5.26 Å². The van der Waals surface area contributed by atoms with E-state index in [1.165, 1.54) is 12.4 Å². The van der Waals surface area contributed by atoms with Crippen LogP contribution in [0.15, 0.2) is 35.1 Å². The van der Waals surface area contributed by atoms with Gasteiger partial charge in [0.2, 0.25) is 5.69 Å². The van der Waals surface area contributed by atoms with Gasteiger partial charge in [-0.1, -0.05) is 15.9 Å². The van der Waals surface area contributed by atoms with Crippen LogP contribution in [0.3, 0.4) is 0 Å². The smallest absolute Gasteiger partial charge is 0.256 e. The molecule has 0 bridgehead atoms. The van der Waals surface area contributed by atoms with E-state index in [4.69, 9.17) is 10.00 Å². The maximum absolute atomic E-state index is 10.8. The maximum atomic E-state index is 10.8. The molecule has 1 aromatic heterocycles. The molecular weight excluding hydrogens is 298 g/mol. The number of aldehydes is 1. The zero-order valence-corrected chi connectivity index (χ0v) is 10.6. The maximum Gasteiger partial charge on any atom is 0.256 e. The zero-order valence-electron chi connectivity index (χ0n) is 9.00. The molecule has 2 aromatic rings. The molecule has 0 radical (unpaired) electrons.